The van der Waals surface area contributed by atoms with Crippen molar-refractivity contribution in [1.29, 1.82) is 0 Å². The van der Waals surface area contributed by atoms with Crippen molar-refractivity contribution in [3.63, 3.8) is 0 Å². The quantitative estimate of drug-likeness (QED) is 0.806. The van der Waals surface area contributed by atoms with E-state index in [4.69, 9.17) is 0 Å². The average molecular weight is 389 g/mol. The van der Waals surface area contributed by atoms with Gasteiger partial charge in [0.15, 0.2) is 0 Å². The molecule has 0 heterocycles. The highest BCUT2D eigenvalue weighted by Gasteiger charge is 2.29. The normalized spacial score (nSPS) is 12.7. The van der Waals surface area contributed by atoms with Gasteiger partial charge in [0.25, 0.3) is 0 Å². The van der Waals surface area contributed by atoms with Crippen LogP contribution in [0.5, 0.6) is 0 Å². The number of amides is 1. The van der Waals surface area contributed by atoms with Gasteiger partial charge in [-0.05, 0) is 61.6 Å². The maximum atomic E-state index is 12.9. The number of rotatable bonds is 6. The molecule has 0 saturated carbocycles. The van der Waals surface area contributed by atoms with Crippen molar-refractivity contribution >= 4 is 27.3 Å². The van der Waals surface area contributed by atoms with Gasteiger partial charge >= 0.3 is 0 Å². The number of carbonyl (C=O) groups is 1. The minimum absolute atomic E-state index is 0.238. The molecule has 0 spiro atoms. The lowest BCUT2D eigenvalue weighted by Gasteiger charge is -2.29. The van der Waals surface area contributed by atoms with Crippen molar-refractivity contribution < 1.29 is 13.2 Å². The predicted molar refractivity (Wildman–Crippen MR) is 112 cm³/mol. The fourth-order valence-electron chi connectivity index (χ4n) is 3.02. The topological polar surface area (TPSA) is 66.5 Å². The lowest BCUT2D eigenvalue weighted by molar-refractivity contribution is -0.116. The number of nitrogens with one attached hydrogen (secondary N) is 1. The molecule has 0 aromatic heterocycles. The molecule has 0 saturated heterocycles. The minimum atomic E-state index is -3.64. The summed E-state index contributed by atoms with van der Waals surface area (Å²) in [6.07, 6.45) is 1.12. The van der Waals surface area contributed by atoms with Gasteiger partial charge in [-0.1, -0.05) is 38.1 Å². The molecule has 0 aliphatic carbocycles. The Balaban J connectivity index is 2.37. The first-order valence-electron chi connectivity index (χ1n) is 8.98. The van der Waals surface area contributed by atoms with E-state index in [0.29, 0.717) is 11.4 Å². The summed E-state index contributed by atoms with van der Waals surface area (Å²) in [6.45, 7) is 9.58. The first kappa shape index (κ1) is 21.0. The van der Waals surface area contributed by atoms with Crippen LogP contribution in [0.4, 0.5) is 11.4 Å². The molecule has 1 amide bonds. The van der Waals surface area contributed by atoms with Crippen LogP contribution in [-0.2, 0) is 14.8 Å². The molecule has 0 fully saturated rings. The second-order valence-electron chi connectivity index (χ2n) is 7.23. The first-order chi connectivity index (χ1) is 12.5. The fourth-order valence-corrected chi connectivity index (χ4v) is 4.19. The molecule has 0 unspecified atom stereocenters. The van der Waals surface area contributed by atoms with E-state index in [1.807, 2.05) is 58.0 Å². The lowest BCUT2D eigenvalue weighted by atomic mass is 10.0. The SMILES string of the molecule is Cc1ccc(N([C@H](C)C(=O)Nc2ccccc2C(C)C)S(C)(=O)=O)cc1C. The van der Waals surface area contributed by atoms with Crippen molar-refractivity contribution in [2.75, 3.05) is 15.9 Å². The van der Waals surface area contributed by atoms with Gasteiger partial charge in [-0.3, -0.25) is 9.10 Å². The lowest BCUT2D eigenvalue weighted by Crippen LogP contribution is -2.45. The Morgan fingerprint density at radius 1 is 1.00 bits per heavy atom. The Hall–Kier alpha value is -2.34. The summed E-state index contributed by atoms with van der Waals surface area (Å²) in [5.74, 6) is -0.130. The zero-order valence-electron chi connectivity index (χ0n) is 16.8. The minimum Gasteiger partial charge on any atom is -0.324 e. The third-order valence-electron chi connectivity index (χ3n) is 4.67. The number of sulfonamides is 1. The summed E-state index contributed by atoms with van der Waals surface area (Å²) >= 11 is 0. The molecule has 5 nitrogen and oxygen atoms in total. The Kier molecular flexibility index (Phi) is 6.31. The number of hydrogen-bond acceptors (Lipinski definition) is 3. The zero-order valence-corrected chi connectivity index (χ0v) is 17.6. The summed E-state index contributed by atoms with van der Waals surface area (Å²) in [5.41, 5.74) is 4.24. The molecule has 27 heavy (non-hydrogen) atoms. The number of anilines is 2. The highest BCUT2D eigenvalue weighted by Crippen LogP contribution is 2.26. The third-order valence-corrected chi connectivity index (χ3v) is 5.92. The molecule has 0 aliphatic heterocycles. The second-order valence-corrected chi connectivity index (χ2v) is 9.09. The first-order valence-corrected chi connectivity index (χ1v) is 10.8. The van der Waals surface area contributed by atoms with Crippen LogP contribution in [0.25, 0.3) is 0 Å². The van der Waals surface area contributed by atoms with Crippen LogP contribution >= 0.6 is 0 Å². The Labute approximate surface area is 162 Å². The molecule has 2 aromatic rings. The smallest absolute Gasteiger partial charge is 0.248 e. The Morgan fingerprint density at radius 2 is 1.63 bits per heavy atom. The van der Waals surface area contributed by atoms with Crippen LogP contribution in [0.15, 0.2) is 42.5 Å². The molecule has 2 aromatic carbocycles. The van der Waals surface area contributed by atoms with Crippen LogP contribution in [0.1, 0.15) is 43.4 Å². The summed E-state index contributed by atoms with van der Waals surface area (Å²) in [5, 5.41) is 2.89. The highest BCUT2D eigenvalue weighted by atomic mass is 32.2. The van der Waals surface area contributed by atoms with Crippen LogP contribution in [0.3, 0.4) is 0 Å². The van der Waals surface area contributed by atoms with Gasteiger partial charge in [0.1, 0.15) is 6.04 Å². The molecule has 1 N–H and O–H groups in total. The highest BCUT2D eigenvalue weighted by molar-refractivity contribution is 7.92. The van der Waals surface area contributed by atoms with Gasteiger partial charge < -0.3 is 5.32 Å². The van der Waals surface area contributed by atoms with Crippen LogP contribution in [0.2, 0.25) is 0 Å². The summed E-state index contributed by atoms with van der Waals surface area (Å²) in [6, 6.07) is 12.1. The van der Waals surface area contributed by atoms with E-state index in [-0.39, 0.29) is 11.8 Å². The van der Waals surface area contributed by atoms with E-state index in [1.54, 1.807) is 19.1 Å². The summed E-state index contributed by atoms with van der Waals surface area (Å²) in [4.78, 5) is 12.9. The number of hydrogen-bond donors (Lipinski definition) is 1. The Bertz CT molecular complexity index is 936. The van der Waals surface area contributed by atoms with Crippen molar-refractivity contribution in [3.8, 4) is 0 Å². The molecule has 0 radical (unpaired) electrons. The number of aryl methyl sites for hydroxylation is 2. The van der Waals surface area contributed by atoms with Crippen LogP contribution in [-0.4, -0.2) is 26.6 Å². The summed E-state index contributed by atoms with van der Waals surface area (Å²) in [7, 11) is -3.64. The Morgan fingerprint density at radius 3 is 2.19 bits per heavy atom. The van der Waals surface area contributed by atoms with Gasteiger partial charge in [-0.25, -0.2) is 8.42 Å². The van der Waals surface area contributed by atoms with Gasteiger partial charge in [0, 0.05) is 5.69 Å². The molecule has 146 valence electrons. The van der Waals surface area contributed by atoms with Gasteiger partial charge in [0.05, 0.1) is 11.9 Å². The van der Waals surface area contributed by atoms with E-state index in [2.05, 4.69) is 5.32 Å². The number of carbonyl (C=O) groups excluding carboxylic acids is 1. The molecule has 6 heteroatoms. The maximum absolute atomic E-state index is 12.9. The van der Waals surface area contributed by atoms with Crippen molar-refractivity contribution in [2.45, 2.75) is 46.6 Å². The standard InChI is InChI=1S/C21H28N2O3S/c1-14(2)19-9-7-8-10-20(19)22-21(24)17(5)23(27(6,25)26)18-12-11-15(3)16(4)13-18/h7-14,17H,1-6H3,(H,22,24)/t17-/m1/s1. The van der Waals surface area contributed by atoms with Crippen LogP contribution < -0.4 is 9.62 Å². The molecule has 2 rings (SSSR count). The molecular weight excluding hydrogens is 360 g/mol. The van der Waals surface area contributed by atoms with E-state index in [1.165, 1.54) is 4.31 Å². The van der Waals surface area contributed by atoms with E-state index >= 15 is 0 Å². The monoisotopic (exact) mass is 388 g/mol. The molecule has 0 aliphatic rings. The fraction of sp³-hybridized carbons (Fsp3) is 0.381. The zero-order chi connectivity index (χ0) is 20.4. The third kappa shape index (κ3) is 4.89. The van der Waals surface area contributed by atoms with Gasteiger partial charge in [-0.15, -0.1) is 0 Å². The van der Waals surface area contributed by atoms with E-state index in [9.17, 15) is 13.2 Å². The van der Waals surface area contributed by atoms with Crippen molar-refractivity contribution in [2.24, 2.45) is 0 Å². The second kappa shape index (κ2) is 8.13. The van der Waals surface area contributed by atoms with E-state index in [0.717, 1.165) is 22.9 Å². The van der Waals surface area contributed by atoms with E-state index < -0.39 is 16.1 Å². The number of para-hydroxylation sites is 1. The van der Waals surface area contributed by atoms with Gasteiger partial charge in [0.2, 0.25) is 15.9 Å². The largest absolute Gasteiger partial charge is 0.324 e. The molecule has 0 bridgehead atoms. The number of benzene rings is 2. The number of nitrogens with zero attached hydrogens (tertiary/aromatic N) is 1. The molecule has 1 atom stereocenters. The summed E-state index contributed by atoms with van der Waals surface area (Å²) < 4.78 is 26.1. The van der Waals surface area contributed by atoms with Crippen molar-refractivity contribution in [3.05, 3.63) is 59.2 Å². The van der Waals surface area contributed by atoms with Crippen LogP contribution in [0, 0.1) is 13.8 Å². The maximum Gasteiger partial charge on any atom is 0.248 e. The predicted octanol–water partition coefficient (Wildman–Crippen LogP) is 4.22. The van der Waals surface area contributed by atoms with Gasteiger partial charge in [-0.2, -0.15) is 0 Å². The van der Waals surface area contributed by atoms with Crippen molar-refractivity contribution in [1.82, 2.24) is 0 Å². The average Bonchev–Trinajstić information content (AvgIpc) is 2.57. The molecular formula is C21H28N2O3S.